The molecule has 26 heavy (non-hydrogen) atoms. The highest BCUT2D eigenvalue weighted by Crippen LogP contribution is 2.32. The van der Waals surface area contributed by atoms with E-state index >= 15 is 0 Å². The third-order valence-corrected chi connectivity index (χ3v) is 5.23. The minimum atomic E-state index is -0.488. The van der Waals surface area contributed by atoms with E-state index in [0.29, 0.717) is 35.7 Å². The van der Waals surface area contributed by atoms with Crippen molar-refractivity contribution in [3.05, 3.63) is 34.1 Å². The van der Waals surface area contributed by atoms with Gasteiger partial charge in [-0.05, 0) is 31.5 Å². The Hall–Kier alpha value is -2.09. The van der Waals surface area contributed by atoms with E-state index in [2.05, 4.69) is 9.88 Å². The number of rotatable bonds is 6. The summed E-state index contributed by atoms with van der Waals surface area (Å²) in [6.07, 6.45) is 1.68. The molecule has 3 rings (SSSR count). The third kappa shape index (κ3) is 3.56. The van der Waals surface area contributed by atoms with Gasteiger partial charge < -0.3 is 24.7 Å². The topological polar surface area (TPSA) is 95.0 Å². The first-order valence-electron chi connectivity index (χ1n) is 8.76. The summed E-state index contributed by atoms with van der Waals surface area (Å²) in [7, 11) is 3.13. The molecule has 0 unspecified atom stereocenters. The van der Waals surface area contributed by atoms with Crippen LogP contribution in [0.2, 0.25) is 0 Å². The SMILES string of the molecule is COc1cc2cc(CN3CCCC(CO)(CO)C3)c(=O)[nH]c2cc1OC. The molecule has 1 saturated heterocycles. The van der Waals surface area contributed by atoms with Gasteiger partial charge in [-0.3, -0.25) is 9.69 Å². The van der Waals surface area contributed by atoms with Crippen LogP contribution in [0.4, 0.5) is 0 Å². The minimum absolute atomic E-state index is 0.0505. The molecule has 1 aliphatic heterocycles. The Bertz CT molecular complexity index is 829. The Balaban J connectivity index is 1.90. The number of aromatic nitrogens is 1. The molecular formula is C19H26N2O5. The van der Waals surface area contributed by atoms with Gasteiger partial charge in [0.2, 0.25) is 0 Å². The van der Waals surface area contributed by atoms with Crippen molar-refractivity contribution < 1.29 is 19.7 Å². The molecule has 2 heterocycles. The predicted molar refractivity (Wildman–Crippen MR) is 98.8 cm³/mol. The lowest BCUT2D eigenvalue weighted by molar-refractivity contribution is -0.0133. The maximum absolute atomic E-state index is 12.5. The monoisotopic (exact) mass is 362 g/mol. The predicted octanol–water partition coefficient (Wildman–Crippen LogP) is 1.11. The van der Waals surface area contributed by atoms with E-state index in [4.69, 9.17) is 9.47 Å². The number of nitrogens with one attached hydrogen (secondary N) is 1. The van der Waals surface area contributed by atoms with Gasteiger partial charge in [-0.2, -0.15) is 0 Å². The van der Waals surface area contributed by atoms with E-state index in [1.54, 1.807) is 20.3 Å². The number of hydrogen-bond donors (Lipinski definition) is 3. The molecule has 0 bridgehead atoms. The van der Waals surface area contributed by atoms with Crippen molar-refractivity contribution in [2.75, 3.05) is 40.5 Å². The Kier molecular flexibility index (Phi) is 5.50. The molecule has 0 aliphatic carbocycles. The van der Waals surface area contributed by atoms with E-state index in [9.17, 15) is 15.0 Å². The van der Waals surface area contributed by atoms with Gasteiger partial charge in [0.05, 0.1) is 33.0 Å². The summed E-state index contributed by atoms with van der Waals surface area (Å²) in [6, 6.07) is 5.46. The van der Waals surface area contributed by atoms with E-state index in [1.165, 1.54) is 0 Å². The number of fused-ring (bicyclic) bond motifs is 1. The van der Waals surface area contributed by atoms with Crippen LogP contribution in [0.3, 0.4) is 0 Å². The van der Waals surface area contributed by atoms with Gasteiger partial charge in [-0.25, -0.2) is 0 Å². The summed E-state index contributed by atoms with van der Waals surface area (Å²) in [5.41, 5.74) is 0.707. The largest absolute Gasteiger partial charge is 0.493 e. The van der Waals surface area contributed by atoms with Gasteiger partial charge >= 0.3 is 0 Å². The first-order chi connectivity index (χ1) is 12.5. The highest BCUT2D eigenvalue weighted by molar-refractivity contribution is 5.83. The van der Waals surface area contributed by atoms with E-state index in [-0.39, 0.29) is 18.8 Å². The number of piperidine rings is 1. The van der Waals surface area contributed by atoms with E-state index in [0.717, 1.165) is 24.8 Å². The molecule has 142 valence electrons. The van der Waals surface area contributed by atoms with Crippen LogP contribution in [-0.2, 0) is 6.54 Å². The summed E-state index contributed by atoms with van der Waals surface area (Å²) in [5.74, 6) is 1.17. The smallest absolute Gasteiger partial charge is 0.252 e. The Morgan fingerprint density at radius 3 is 2.50 bits per heavy atom. The van der Waals surface area contributed by atoms with E-state index in [1.807, 2.05) is 12.1 Å². The molecule has 1 aliphatic rings. The van der Waals surface area contributed by atoms with Crippen LogP contribution in [0.1, 0.15) is 18.4 Å². The van der Waals surface area contributed by atoms with Gasteiger partial charge in [0.25, 0.3) is 5.56 Å². The molecule has 0 atom stereocenters. The Morgan fingerprint density at radius 1 is 1.15 bits per heavy atom. The quantitative estimate of drug-likeness (QED) is 0.713. The second-order valence-electron chi connectivity index (χ2n) is 7.05. The molecule has 1 aromatic carbocycles. The molecule has 1 fully saturated rings. The fourth-order valence-corrected chi connectivity index (χ4v) is 3.69. The summed E-state index contributed by atoms with van der Waals surface area (Å²) in [4.78, 5) is 17.5. The van der Waals surface area contributed by atoms with Gasteiger partial charge in [-0.1, -0.05) is 0 Å². The van der Waals surface area contributed by atoms with E-state index < -0.39 is 5.41 Å². The number of aliphatic hydroxyl groups is 2. The highest BCUT2D eigenvalue weighted by Gasteiger charge is 2.34. The lowest BCUT2D eigenvalue weighted by Crippen LogP contribution is -2.47. The van der Waals surface area contributed by atoms with Crippen molar-refractivity contribution in [1.29, 1.82) is 0 Å². The molecule has 3 N–H and O–H groups in total. The van der Waals surface area contributed by atoms with Gasteiger partial charge in [0.1, 0.15) is 0 Å². The van der Waals surface area contributed by atoms with Crippen LogP contribution < -0.4 is 15.0 Å². The molecule has 7 nitrogen and oxygen atoms in total. The van der Waals surface area contributed by atoms with Crippen molar-refractivity contribution >= 4 is 10.9 Å². The first kappa shape index (κ1) is 18.7. The lowest BCUT2D eigenvalue weighted by Gasteiger charge is -2.40. The first-order valence-corrected chi connectivity index (χ1v) is 8.76. The van der Waals surface area contributed by atoms with Crippen LogP contribution in [-0.4, -0.2) is 60.6 Å². The number of aromatic amines is 1. The van der Waals surface area contributed by atoms with Crippen LogP contribution in [0.15, 0.2) is 23.0 Å². The Morgan fingerprint density at radius 2 is 1.85 bits per heavy atom. The van der Waals surface area contributed by atoms with Crippen LogP contribution in [0, 0.1) is 5.41 Å². The summed E-state index contributed by atoms with van der Waals surface area (Å²) < 4.78 is 10.6. The van der Waals surface area contributed by atoms with Crippen molar-refractivity contribution in [2.45, 2.75) is 19.4 Å². The molecule has 2 aromatic rings. The van der Waals surface area contributed by atoms with Crippen molar-refractivity contribution in [1.82, 2.24) is 9.88 Å². The zero-order valence-corrected chi connectivity index (χ0v) is 15.2. The number of aliphatic hydroxyl groups excluding tert-OH is 2. The number of likely N-dealkylation sites (tertiary alicyclic amines) is 1. The molecule has 0 amide bonds. The van der Waals surface area contributed by atoms with Gasteiger partial charge in [0.15, 0.2) is 11.5 Å². The van der Waals surface area contributed by atoms with Gasteiger partial charge in [-0.15, -0.1) is 0 Å². The van der Waals surface area contributed by atoms with Crippen LogP contribution >= 0.6 is 0 Å². The van der Waals surface area contributed by atoms with Gasteiger partial charge in [0, 0.05) is 35.5 Å². The van der Waals surface area contributed by atoms with Crippen molar-refractivity contribution in [2.24, 2.45) is 5.41 Å². The summed E-state index contributed by atoms with van der Waals surface area (Å²) in [5, 5.41) is 20.2. The molecule has 0 radical (unpaired) electrons. The summed E-state index contributed by atoms with van der Waals surface area (Å²) in [6.45, 7) is 1.78. The number of hydrogen-bond acceptors (Lipinski definition) is 6. The number of ether oxygens (including phenoxy) is 2. The molecule has 1 aromatic heterocycles. The fraction of sp³-hybridized carbons (Fsp3) is 0.526. The molecule has 7 heteroatoms. The van der Waals surface area contributed by atoms with Crippen LogP contribution in [0.5, 0.6) is 11.5 Å². The summed E-state index contributed by atoms with van der Waals surface area (Å²) >= 11 is 0. The standard InChI is InChI=1S/C19H26N2O5/c1-25-16-7-13-6-14(18(24)20-15(13)8-17(16)26-2)9-21-5-3-4-19(10-21,11-22)12-23/h6-8,22-23H,3-5,9-12H2,1-2H3,(H,20,24). The fourth-order valence-electron chi connectivity index (χ4n) is 3.69. The maximum atomic E-state index is 12.5. The molecule has 0 saturated carbocycles. The van der Waals surface area contributed by atoms with Crippen LogP contribution in [0.25, 0.3) is 10.9 Å². The average molecular weight is 362 g/mol. The maximum Gasteiger partial charge on any atom is 0.252 e. The number of H-pyrrole nitrogens is 1. The van der Waals surface area contributed by atoms with Crippen molar-refractivity contribution in [3.8, 4) is 11.5 Å². The third-order valence-electron chi connectivity index (χ3n) is 5.23. The molecular weight excluding hydrogens is 336 g/mol. The van der Waals surface area contributed by atoms with Crippen molar-refractivity contribution in [3.63, 3.8) is 0 Å². The second-order valence-corrected chi connectivity index (χ2v) is 7.05. The normalized spacial score (nSPS) is 17.4. The zero-order chi connectivity index (χ0) is 18.7. The number of benzene rings is 1. The number of nitrogens with zero attached hydrogens (tertiary/aromatic N) is 1. The lowest BCUT2D eigenvalue weighted by atomic mass is 9.81. The average Bonchev–Trinajstić information content (AvgIpc) is 2.67. The second kappa shape index (κ2) is 7.65. The number of methoxy groups -OCH3 is 2. The minimum Gasteiger partial charge on any atom is -0.493 e. The Labute approximate surface area is 152 Å². The zero-order valence-electron chi connectivity index (χ0n) is 15.2. The number of pyridine rings is 1. The molecule has 0 spiro atoms. The highest BCUT2D eigenvalue weighted by atomic mass is 16.5.